The molecule has 6 rings (SSSR count). The van der Waals surface area contributed by atoms with Gasteiger partial charge in [-0.15, -0.1) is 0 Å². The second-order valence-corrected chi connectivity index (χ2v) is 9.30. The maximum atomic E-state index is 14.9. The molecule has 2 aromatic carbocycles. The molecule has 3 aromatic heterocycles. The highest BCUT2D eigenvalue weighted by Crippen LogP contribution is 2.33. The molecule has 0 spiro atoms. The van der Waals surface area contributed by atoms with Crippen molar-refractivity contribution in [3.63, 3.8) is 0 Å². The van der Waals surface area contributed by atoms with Crippen molar-refractivity contribution in [2.75, 3.05) is 11.9 Å². The summed E-state index contributed by atoms with van der Waals surface area (Å²) in [7, 11) is 0. The van der Waals surface area contributed by atoms with Crippen molar-refractivity contribution in [1.82, 2.24) is 30.0 Å². The number of hydrogen-bond donors (Lipinski definition) is 2. The Kier molecular flexibility index (Phi) is 6.73. The summed E-state index contributed by atoms with van der Waals surface area (Å²) < 4.78 is 76.2. The third-order valence-corrected chi connectivity index (χ3v) is 6.60. The molecule has 0 saturated carbocycles. The number of alkyl halides is 3. The van der Waals surface area contributed by atoms with Crippen molar-refractivity contribution in [2.24, 2.45) is 0 Å². The molecule has 0 atom stereocenters. The van der Waals surface area contributed by atoms with Crippen LogP contribution in [0.2, 0.25) is 0 Å². The summed E-state index contributed by atoms with van der Waals surface area (Å²) >= 11 is 0. The van der Waals surface area contributed by atoms with E-state index in [0.29, 0.717) is 46.8 Å². The Balaban J connectivity index is 1.42. The van der Waals surface area contributed by atoms with Crippen molar-refractivity contribution in [3.8, 4) is 17.3 Å². The van der Waals surface area contributed by atoms with E-state index in [2.05, 4.69) is 30.7 Å². The summed E-state index contributed by atoms with van der Waals surface area (Å²) in [5.41, 5.74) is 1.25. The Hall–Kier alpha value is -4.65. The monoisotopic (exact) mass is 567 g/mol. The highest BCUT2D eigenvalue weighted by atomic mass is 19.4. The quantitative estimate of drug-likeness (QED) is 0.234. The van der Waals surface area contributed by atoms with E-state index in [-0.39, 0.29) is 36.0 Å². The molecule has 41 heavy (non-hydrogen) atoms. The SMILES string of the molecule is CCOc1cc(F)c(Cn2nc(-c3nc4c(c(Nc5ccnc(C(F)(F)F)c5)n3)CNC4)c3ccccc32)c(F)c1. The maximum Gasteiger partial charge on any atom is 0.433 e. The highest BCUT2D eigenvalue weighted by Gasteiger charge is 2.32. The molecule has 1 aliphatic rings. The molecule has 5 aromatic rings. The van der Waals surface area contributed by atoms with Crippen molar-refractivity contribution < 1.29 is 26.7 Å². The van der Waals surface area contributed by atoms with Crippen LogP contribution in [0.25, 0.3) is 22.4 Å². The van der Waals surface area contributed by atoms with Crippen LogP contribution >= 0.6 is 0 Å². The number of aromatic nitrogens is 5. The Labute approximate surface area is 230 Å². The second kappa shape index (κ2) is 10.4. The Bertz CT molecular complexity index is 1750. The highest BCUT2D eigenvalue weighted by molar-refractivity contribution is 5.92. The van der Waals surface area contributed by atoms with E-state index in [4.69, 9.17) is 4.74 Å². The number of rotatable bonds is 7. The molecule has 0 amide bonds. The zero-order valence-corrected chi connectivity index (χ0v) is 21.6. The molecule has 13 heteroatoms. The molecule has 4 heterocycles. The first kappa shape index (κ1) is 26.6. The third kappa shape index (κ3) is 5.15. The van der Waals surface area contributed by atoms with Gasteiger partial charge in [0.25, 0.3) is 0 Å². The standard InChI is InChI=1S/C28H22F5N7O/c1-2-41-16-10-20(29)19(21(30)11-16)14-40-23-6-4-3-5-17(23)25(39-40)27-37-22-13-34-12-18(22)26(38-27)36-15-7-8-35-24(9-15)28(31,32)33/h3-11,34H,2,12-14H2,1H3,(H,35,36,37,38). The molecule has 0 aliphatic carbocycles. The van der Waals surface area contributed by atoms with Gasteiger partial charge in [0.15, 0.2) is 5.82 Å². The number of benzene rings is 2. The average molecular weight is 568 g/mol. The van der Waals surface area contributed by atoms with Gasteiger partial charge in [0, 0.05) is 53.6 Å². The first-order valence-corrected chi connectivity index (χ1v) is 12.7. The van der Waals surface area contributed by atoms with Gasteiger partial charge in [-0.3, -0.25) is 9.67 Å². The maximum absolute atomic E-state index is 14.9. The van der Waals surface area contributed by atoms with Gasteiger partial charge in [-0.05, 0) is 25.1 Å². The van der Waals surface area contributed by atoms with E-state index in [9.17, 15) is 22.0 Å². The predicted octanol–water partition coefficient (Wildman–Crippen LogP) is 5.98. The lowest BCUT2D eigenvalue weighted by Crippen LogP contribution is -2.09. The number of fused-ring (bicyclic) bond motifs is 2. The van der Waals surface area contributed by atoms with Crippen LogP contribution in [0, 0.1) is 11.6 Å². The minimum atomic E-state index is -4.61. The number of hydrogen-bond acceptors (Lipinski definition) is 7. The fourth-order valence-corrected chi connectivity index (χ4v) is 4.72. The van der Waals surface area contributed by atoms with E-state index in [1.165, 1.54) is 10.7 Å². The van der Waals surface area contributed by atoms with Crippen LogP contribution < -0.4 is 15.4 Å². The van der Waals surface area contributed by atoms with Gasteiger partial charge in [-0.2, -0.15) is 18.3 Å². The Morgan fingerprint density at radius 1 is 1.02 bits per heavy atom. The van der Waals surface area contributed by atoms with E-state index >= 15 is 0 Å². The minimum Gasteiger partial charge on any atom is -0.494 e. The molecule has 0 radical (unpaired) electrons. The van der Waals surface area contributed by atoms with Gasteiger partial charge in [0.2, 0.25) is 0 Å². The Morgan fingerprint density at radius 2 is 1.80 bits per heavy atom. The summed E-state index contributed by atoms with van der Waals surface area (Å²) in [6.07, 6.45) is -3.54. The zero-order chi connectivity index (χ0) is 28.7. The van der Waals surface area contributed by atoms with Gasteiger partial charge in [-0.25, -0.2) is 18.7 Å². The number of nitrogens with one attached hydrogen (secondary N) is 2. The summed E-state index contributed by atoms with van der Waals surface area (Å²) in [5, 5.41) is 11.4. The average Bonchev–Trinajstić information content (AvgIpc) is 3.56. The zero-order valence-electron chi connectivity index (χ0n) is 21.6. The summed E-state index contributed by atoms with van der Waals surface area (Å²) in [6, 6.07) is 11.7. The summed E-state index contributed by atoms with van der Waals surface area (Å²) in [5.74, 6) is -0.916. The first-order valence-electron chi connectivity index (χ1n) is 12.7. The Morgan fingerprint density at radius 3 is 2.56 bits per heavy atom. The number of nitrogens with zero attached hydrogens (tertiary/aromatic N) is 5. The smallest absolute Gasteiger partial charge is 0.433 e. The summed E-state index contributed by atoms with van der Waals surface area (Å²) in [4.78, 5) is 12.7. The molecule has 0 unspecified atom stereocenters. The lowest BCUT2D eigenvalue weighted by atomic mass is 10.1. The van der Waals surface area contributed by atoms with Crippen molar-refractivity contribution >= 4 is 22.4 Å². The molecule has 210 valence electrons. The van der Waals surface area contributed by atoms with E-state index in [1.807, 2.05) is 0 Å². The van der Waals surface area contributed by atoms with Crippen molar-refractivity contribution in [1.29, 1.82) is 0 Å². The van der Waals surface area contributed by atoms with Gasteiger partial charge in [0.1, 0.15) is 34.6 Å². The molecule has 2 N–H and O–H groups in total. The molecular formula is C28H22F5N7O. The topological polar surface area (TPSA) is 89.8 Å². The van der Waals surface area contributed by atoms with Crippen LogP contribution in [0.1, 0.15) is 29.4 Å². The van der Waals surface area contributed by atoms with Crippen LogP contribution in [0.5, 0.6) is 5.75 Å². The number of para-hydroxylation sites is 1. The fraction of sp³-hybridized carbons (Fsp3) is 0.214. The molecular weight excluding hydrogens is 545 g/mol. The fourth-order valence-electron chi connectivity index (χ4n) is 4.72. The largest absolute Gasteiger partial charge is 0.494 e. The van der Waals surface area contributed by atoms with Gasteiger partial charge in [0.05, 0.1) is 24.4 Å². The van der Waals surface area contributed by atoms with Crippen LogP contribution in [-0.2, 0) is 25.8 Å². The molecule has 0 saturated heterocycles. The summed E-state index contributed by atoms with van der Waals surface area (Å²) in [6.45, 7) is 2.62. The van der Waals surface area contributed by atoms with Gasteiger partial charge in [-0.1, -0.05) is 18.2 Å². The molecule has 1 aliphatic heterocycles. The van der Waals surface area contributed by atoms with Crippen LogP contribution in [0.4, 0.5) is 33.5 Å². The number of anilines is 2. The predicted molar refractivity (Wildman–Crippen MR) is 140 cm³/mol. The van der Waals surface area contributed by atoms with E-state index in [1.54, 1.807) is 31.2 Å². The lowest BCUT2D eigenvalue weighted by Gasteiger charge is -2.13. The van der Waals surface area contributed by atoms with Crippen molar-refractivity contribution in [3.05, 3.63) is 88.9 Å². The van der Waals surface area contributed by atoms with Crippen LogP contribution in [-0.4, -0.2) is 31.3 Å². The van der Waals surface area contributed by atoms with Gasteiger partial charge >= 0.3 is 6.18 Å². The van der Waals surface area contributed by atoms with E-state index in [0.717, 1.165) is 24.4 Å². The lowest BCUT2D eigenvalue weighted by molar-refractivity contribution is -0.141. The second-order valence-electron chi connectivity index (χ2n) is 9.30. The minimum absolute atomic E-state index is 0.0917. The van der Waals surface area contributed by atoms with Crippen LogP contribution in [0.15, 0.2) is 54.7 Å². The number of halogens is 5. The number of ether oxygens (including phenoxy) is 1. The van der Waals surface area contributed by atoms with Gasteiger partial charge < -0.3 is 15.4 Å². The molecule has 8 nitrogen and oxygen atoms in total. The first-order chi connectivity index (χ1) is 19.7. The normalized spacial score (nSPS) is 13.0. The van der Waals surface area contributed by atoms with Crippen LogP contribution in [0.3, 0.4) is 0 Å². The van der Waals surface area contributed by atoms with Crippen molar-refractivity contribution in [2.45, 2.75) is 32.7 Å². The van der Waals surface area contributed by atoms with E-state index < -0.39 is 23.5 Å². The molecule has 0 fully saturated rings. The third-order valence-electron chi connectivity index (χ3n) is 6.60. The number of pyridine rings is 1. The molecule has 0 bridgehead atoms.